The molecule has 2 N–H and O–H groups in total. The minimum Gasteiger partial charge on any atom is -0.457 e. The number of nitrogens with one attached hydrogen (secondary N) is 1. The van der Waals surface area contributed by atoms with Gasteiger partial charge in [-0.25, -0.2) is 0 Å². The quantitative estimate of drug-likeness (QED) is 0.772. The van der Waals surface area contributed by atoms with Crippen LogP contribution in [0.5, 0.6) is 11.5 Å². The molecule has 1 unspecified atom stereocenters. The SMILES string of the molecule is CNC(C(C)C)[C@@H](O)c1cccc(Oc2ccccc2)c1C(C)(C)C. The Balaban J connectivity index is 2.52. The molecule has 0 bridgehead atoms. The maximum absolute atomic E-state index is 11.1. The van der Waals surface area contributed by atoms with Crippen LogP contribution >= 0.6 is 0 Å². The van der Waals surface area contributed by atoms with Gasteiger partial charge in [-0.15, -0.1) is 0 Å². The zero-order chi connectivity index (χ0) is 18.6. The van der Waals surface area contributed by atoms with E-state index in [-0.39, 0.29) is 11.5 Å². The summed E-state index contributed by atoms with van der Waals surface area (Å²) in [5, 5.41) is 14.3. The molecule has 136 valence electrons. The summed E-state index contributed by atoms with van der Waals surface area (Å²) < 4.78 is 6.17. The molecule has 2 aromatic rings. The first-order chi connectivity index (χ1) is 11.8. The van der Waals surface area contributed by atoms with Crippen molar-refractivity contribution in [2.45, 2.75) is 52.2 Å². The zero-order valence-electron chi connectivity index (χ0n) is 16.2. The molecule has 0 saturated carbocycles. The Labute approximate surface area is 152 Å². The smallest absolute Gasteiger partial charge is 0.131 e. The van der Waals surface area contributed by atoms with Crippen molar-refractivity contribution in [1.82, 2.24) is 5.32 Å². The van der Waals surface area contributed by atoms with Gasteiger partial charge in [0.05, 0.1) is 6.10 Å². The highest BCUT2D eigenvalue weighted by atomic mass is 16.5. The van der Waals surface area contributed by atoms with Crippen molar-refractivity contribution in [2.24, 2.45) is 5.92 Å². The van der Waals surface area contributed by atoms with Crippen LogP contribution in [0.1, 0.15) is 51.8 Å². The molecular weight excluding hydrogens is 310 g/mol. The lowest BCUT2D eigenvalue weighted by molar-refractivity contribution is 0.108. The Bertz CT molecular complexity index is 674. The van der Waals surface area contributed by atoms with E-state index in [1.807, 2.05) is 55.6 Å². The zero-order valence-corrected chi connectivity index (χ0v) is 16.2. The van der Waals surface area contributed by atoms with Crippen LogP contribution in [0.4, 0.5) is 0 Å². The molecule has 25 heavy (non-hydrogen) atoms. The van der Waals surface area contributed by atoms with Gasteiger partial charge < -0.3 is 15.2 Å². The van der Waals surface area contributed by atoms with E-state index >= 15 is 0 Å². The van der Waals surface area contributed by atoms with E-state index in [2.05, 4.69) is 39.9 Å². The number of likely N-dealkylation sites (N-methyl/N-ethyl adjacent to an activating group) is 1. The number of hydrogen-bond donors (Lipinski definition) is 2. The number of ether oxygens (including phenoxy) is 1. The molecule has 0 fully saturated rings. The van der Waals surface area contributed by atoms with Gasteiger partial charge in [0, 0.05) is 11.6 Å². The van der Waals surface area contributed by atoms with Crippen molar-refractivity contribution in [3.05, 3.63) is 59.7 Å². The van der Waals surface area contributed by atoms with Crippen molar-refractivity contribution in [2.75, 3.05) is 7.05 Å². The maximum Gasteiger partial charge on any atom is 0.131 e. The average Bonchev–Trinajstić information content (AvgIpc) is 2.54. The number of aliphatic hydroxyl groups is 1. The lowest BCUT2D eigenvalue weighted by Crippen LogP contribution is -2.37. The Morgan fingerprint density at radius 2 is 1.60 bits per heavy atom. The van der Waals surface area contributed by atoms with E-state index in [0.29, 0.717) is 5.92 Å². The lowest BCUT2D eigenvalue weighted by Gasteiger charge is -2.32. The number of benzene rings is 2. The van der Waals surface area contributed by atoms with Gasteiger partial charge in [0.1, 0.15) is 11.5 Å². The second-order valence-corrected chi connectivity index (χ2v) is 7.89. The van der Waals surface area contributed by atoms with Crippen LogP contribution in [0.3, 0.4) is 0 Å². The van der Waals surface area contributed by atoms with E-state index < -0.39 is 6.10 Å². The first kappa shape index (κ1) is 19.5. The molecule has 3 nitrogen and oxygen atoms in total. The van der Waals surface area contributed by atoms with Gasteiger partial charge >= 0.3 is 0 Å². The molecule has 2 rings (SSSR count). The summed E-state index contributed by atoms with van der Waals surface area (Å²) in [7, 11) is 1.90. The minimum absolute atomic E-state index is 0.0203. The van der Waals surface area contributed by atoms with Gasteiger partial charge in [0.2, 0.25) is 0 Å². The third kappa shape index (κ3) is 4.62. The van der Waals surface area contributed by atoms with Gasteiger partial charge in [0.15, 0.2) is 0 Å². The monoisotopic (exact) mass is 341 g/mol. The van der Waals surface area contributed by atoms with E-state index in [0.717, 1.165) is 22.6 Å². The third-order valence-corrected chi connectivity index (χ3v) is 4.49. The fourth-order valence-corrected chi connectivity index (χ4v) is 3.35. The van der Waals surface area contributed by atoms with E-state index in [4.69, 9.17) is 4.74 Å². The molecule has 0 amide bonds. The predicted molar refractivity (Wildman–Crippen MR) is 104 cm³/mol. The Morgan fingerprint density at radius 3 is 2.12 bits per heavy atom. The standard InChI is InChI=1S/C22H31NO2/c1-15(2)20(23-6)21(24)17-13-10-14-18(19(17)22(3,4)5)25-16-11-8-7-9-12-16/h7-15,20-21,23-24H,1-6H3/t20?,21-/m0/s1. The Hall–Kier alpha value is -1.84. The van der Waals surface area contributed by atoms with Gasteiger partial charge in [-0.1, -0.05) is 65.0 Å². The number of aliphatic hydroxyl groups excluding tert-OH is 1. The number of para-hydroxylation sites is 1. The fraction of sp³-hybridized carbons (Fsp3) is 0.455. The maximum atomic E-state index is 11.1. The van der Waals surface area contributed by atoms with Crippen LogP contribution in [0.15, 0.2) is 48.5 Å². The summed E-state index contributed by atoms with van der Waals surface area (Å²) in [6.07, 6.45) is -0.599. The molecule has 0 aliphatic heterocycles. The van der Waals surface area contributed by atoms with Crippen LogP contribution in [0, 0.1) is 5.92 Å². The Morgan fingerprint density at radius 1 is 0.960 bits per heavy atom. The average molecular weight is 341 g/mol. The number of hydrogen-bond acceptors (Lipinski definition) is 3. The predicted octanol–water partition coefficient (Wildman–Crippen LogP) is 5.05. The van der Waals surface area contributed by atoms with E-state index in [1.165, 1.54) is 0 Å². The highest BCUT2D eigenvalue weighted by molar-refractivity contribution is 5.48. The van der Waals surface area contributed by atoms with Crippen molar-refractivity contribution in [3.63, 3.8) is 0 Å². The molecule has 0 aromatic heterocycles. The first-order valence-electron chi connectivity index (χ1n) is 8.97. The van der Waals surface area contributed by atoms with Crippen LogP contribution < -0.4 is 10.1 Å². The summed E-state index contributed by atoms with van der Waals surface area (Å²) in [5.41, 5.74) is 1.82. The molecule has 0 saturated heterocycles. The Kier molecular flexibility index (Phi) is 6.26. The normalized spacial score (nSPS) is 14.4. The minimum atomic E-state index is -0.599. The van der Waals surface area contributed by atoms with Gasteiger partial charge in [-0.05, 0) is 42.1 Å². The highest BCUT2D eigenvalue weighted by Gasteiger charge is 2.30. The molecule has 0 spiro atoms. The molecular formula is C22H31NO2. The second-order valence-electron chi connectivity index (χ2n) is 7.89. The van der Waals surface area contributed by atoms with E-state index in [9.17, 15) is 5.11 Å². The van der Waals surface area contributed by atoms with Crippen molar-refractivity contribution < 1.29 is 9.84 Å². The second kappa shape index (κ2) is 8.03. The molecule has 2 aromatic carbocycles. The van der Waals surface area contributed by atoms with Crippen LogP contribution in [0.2, 0.25) is 0 Å². The van der Waals surface area contributed by atoms with Crippen LogP contribution in [0.25, 0.3) is 0 Å². The third-order valence-electron chi connectivity index (χ3n) is 4.49. The van der Waals surface area contributed by atoms with E-state index in [1.54, 1.807) is 0 Å². The molecule has 0 radical (unpaired) electrons. The summed E-state index contributed by atoms with van der Waals surface area (Å²) >= 11 is 0. The summed E-state index contributed by atoms with van der Waals surface area (Å²) in [5.74, 6) is 1.91. The van der Waals surface area contributed by atoms with Gasteiger partial charge in [0.25, 0.3) is 0 Å². The molecule has 0 aliphatic rings. The summed E-state index contributed by atoms with van der Waals surface area (Å²) in [6, 6.07) is 15.7. The topological polar surface area (TPSA) is 41.5 Å². The largest absolute Gasteiger partial charge is 0.457 e. The molecule has 0 aliphatic carbocycles. The van der Waals surface area contributed by atoms with Gasteiger partial charge in [-0.3, -0.25) is 0 Å². The van der Waals surface area contributed by atoms with Crippen molar-refractivity contribution >= 4 is 0 Å². The molecule has 0 heterocycles. The fourth-order valence-electron chi connectivity index (χ4n) is 3.35. The summed E-state index contributed by atoms with van der Waals surface area (Å²) in [4.78, 5) is 0. The van der Waals surface area contributed by atoms with Crippen LogP contribution in [-0.4, -0.2) is 18.2 Å². The lowest BCUT2D eigenvalue weighted by atomic mass is 9.79. The van der Waals surface area contributed by atoms with Gasteiger partial charge in [-0.2, -0.15) is 0 Å². The van der Waals surface area contributed by atoms with Crippen molar-refractivity contribution in [1.29, 1.82) is 0 Å². The summed E-state index contributed by atoms with van der Waals surface area (Å²) in [6.45, 7) is 10.7. The molecule has 2 atom stereocenters. The first-order valence-corrected chi connectivity index (χ1v) is 8.97. The molecule has 3 heteroatoms. The van der Waals surface area contributed by atoms with Crippen LogP contribution in [-0.2, 0) is 5.41 Å². The van der Waals surface area contributed by atoms with Crippen molar-refractivity contribution in [3.8, 4) is 11.5 Å². The number of rotatable bonds is 6. The highest BCUT2D eigenvalue weighted by Crippen LogP contribution is 2.40.